The Bertz CT molecular complexity index is 112. The van der Waals surface area contributed by atoms with Gasteiger partial charge in [0.1, 0.15) is 0 Å². The van der Waals surface area contributed by atoms with Crippen LogP contribution < -0.4 is 0 Å². The third-order valence-electron chi connectivity index (χ3n) is 1.15. The molecular weight excluding hydrogens is 122 g/mol. The largest absolute Gasteiger partial charge is 0.306 e. The summed E-state index contributed by atoms with van der Waals surface area (Å²) in [6, 6.07) is 0. The van der Waals surface area contributed by atoms with Crippen molar-refractivity contribution in [2.24, 2.45) is 0 Å². The highest BCUT2D eigenvalue weighted by molar-refractivity contribution is 4.92. The predicted molar refractivity (Wildman–Crippen MR) is 47.1 cm³/mol. The van der Waals surface area contributed by atoms with Crippen molar-refractivity contribution >= 4 is 0 Å². The van der Waals surface area contributed by atoms with Crippen LogP contribution in [0.5, 0.6) is 0 Å². The average molecular weight is 139 g/mol. The fourth-order valence-corrected chi connectivity index (χ4v) is 0.596. The molecule has 0 radical (unpaired) electrons. The van der Waals surface area contributed by atoms with Gasteiger partial charge in [-0.25, -0.2) is 0 Å². The van der Waals surface area contributed by atoms with E-state index in [9.17, 15) is 0 Å². The van der Waals surface area contributed by atoms with Gasteiger partial charge in [-0.1, -0.05) is 24.3 Å². The molecule has 0 heterocycles. The van der Waals surface area contributed by atoms with Crippen LogP contribution in [0.2, 0.25) is 0 Å². The molecule has 0 aromatic carbocycles. The van der Waals surface area contributed by atoms with E-state index in [4.69, 9.17) is 0 Å². The minimum atomic E-state index is 1.04. The van der Waals surface area contributed by atoms with Crippen molar-refractivity contribution in [3.05, 3.63) is 24.3 Å². The number of allylic oxidation sites excluding steroid dienone is 3. The molecule has 0 fully saturated rings. The predicted octanol–water partition coefficient (Wildman–Crippen LogP) is 2.07. The first kappa shape index (κ1) is 9.44. The zero-order valence-electron chi connectivity index (χ0n) is 7.17. The van der Waals surface area contributed by atoms with Gasteiger partial charge in [0.2, 0.25) is 0 Å². The third kappa shape index (κ3) is 7.44. The minimum absolute atomic E-state index is 1.04. The highest BCUT2D eigenvalue weighted by Crippen LogP contribution is 1.85. The number of hydrogen-bond acceptors (Lipinski definition) is 1. The Hall–Kier alpha value is -0.560. The zero-order valence-corrected chi connectivity index (χ0v) is 7.17. The zero-order chi connectivity index (χ0) is 7.82. The summed E-state index contributed by atoms with van der Waals surface area (Å²) in [4.78, 5) is 2.14. The van der Waals surface area contributed by atoms with Crippen LogP contribution in [0.25, 0.3) is 0 Å². The lowest BCUT2D eigenvalue weighted by Gasteiger charge is -2.02. The van der Waals surface area contributed by atoms with Crippen molar-refractivity contribution in [2.45, 2.75) is 13.3 Å². The van der Waals surface area contributed by atoms with E-state index in [0.29, 0.717) is 0 Å². The molecule has 1 nitrogen and oxygen atoms in total. The molecule has 0 aliphatic heterocycles. The molecule has 0 saturated heterocycles. The van der Waals surface area contributed by atoms with Gasteiger partial charge in [0.15, 0.2) is 0 Å². The summed E-state index contributed by atoms with van der Waals surface area (Å²) in [5, 5.41) is 0. The van der Waals surface area contributed by atoms with Crippen molar-refractivity contribution < 1.29 is 0 Å². The van der Waals surface area contributed by atoms with E-state index in [0.717, 1.165) is 13.0 Å². The van der Waals surface area contributed by atoms with Crippen LogP contribution in [0.3, 0.4) is 0 Å². The molecule has 0 saturated carbocycles. The topological polar surface area (TPSA) is 3.24 Å². The normalized spacial score (nSPS) is 12.4. The maximum Gasteiger partial charge on any atom is 0.0157 e. The van der Waals surface area contributed by atoms with Gasteiger partial charge in [0.25, 0.3) is 0 Å². The molecule has 0 aliphatic carbocycles. The molecule has 0 aliphatic rings. The third-order valence-corrected chi connectivity index (χ3v) is 1.15. The van der Waals surface area contributed by atoms with Gasteiger partial charge in [-0.3, -0.25) is 0 Å². The van der Waals surface area contributed by atoms with Gasteiger partial charge >= 0.3 is 0 Å². The fraction of sp³-hybridized carbons (Fsp3) is 0.556. The van der Waals surface area contributed by atoms with Gasteiger partial charge < -0.3 is 4.90 Å². The Morgan fingerprint density at radius 2 is 1.80 bits per heavy atom. The molecule has 10 heavy (non-hydrogen) atoms. The van der Waals surface area contributed by atoms with E-state index in [1.807, 2.05) is 6.92 Å². The summed E-state index contributed by atoms with van der Waals surface area (Å²) in [7, 11) is 4.14. The molecular formula is C9H17N. The molecule has 58 valence electrons. The average Bonchev–Trinajstić information content (AvgIpc) is 1.87. The van der Waals surface area contributed by atoms with Gasteiger partial charge in [-0.05, 0) is 27.4 Å². The van der Waals surface area contributed by atoms with Crippen LogP contribution in [0, 0.1) is 0 Å². The quantitative estimate of drug-likeness (QED) is 0.539. The Morgan fingerprint density at radius 3 is 2.30 bits per heavy atom. The minimum Gasteiger partial charge on any atom is -0.306 e. The molecule has 0 spiro atoms. The molecule has 0 aromatic rings. The molecule has 0 atom stereocenters. The Morgan fingerprint density at radius 1 is 1.10 bits per heavy atom. The monoisotopic (exact) mass is 139 g/mol. The second-order valence-electron chi connectivity index (χ2n) is 2.54. The van der Waals surface area contributed by atoms with E-state index in [1.165, 1.54) is 0 Å². The Balaban J connectivity index is 3.20. The standard InChI is InChI=1S/C9H17N/c1-4-5-6-7-8-9-10(2)3/h4-5,7-8H,6,9H2,1-3H3/b5-4+,8-7-. The van der Waals surface area contributed by atoms with Crippen LogP contribution in [-0.2, 0) is 0 Å². The van der Waals surface area contributed by atoms with E-state index < -0.39 is 0 Å². The van der Waals surface area contributed by atoms with E-state index in [1.54, 1.807) is 0 Å². The highest BCUT2D eigenvalue weighted by Gasteiger charge is 1.79. The smallest absolute Gasteiger partial charge is 0.0157 e. The van der Waals surface area contributed by atoms with Gasteiger partial charge in [0.05, 0.1) is 0 Å². The highest BCUT2D eigenvalue weighted by atomic mass is 15.0. The molecule has 0 N–H and O–H groups in total. The van der Waals surface area contributed by atoms with Crippen LogP contribution in [0.1, 0.15) is 13.3 Å². The van der Waals surface area contributed by atoms with Crippen LogP contribution >= 0.6 is 0 Å². The summed E-state index contributed by atoms with van der Waals surface area (Å²) >= 11 is 0. The Kier molecular flexibility index (Phi) is 6.19. The lowest BCUT2D eigenvalue weighted by molar-refractivity contribution is 0.456. The fourth-order valence-electron chi connectivity index (χ4n) is 0.596. The first-order valence-corrected chi connectivity index (χ1v) is 3.68. The summed E-state index contributed by atoms with van der Waals surface area (Å²) in [6.45, 7) is 3.08. The second-order valence-corrected chi connectivity index (χ2v) is 2.54. The second kappa shape index (κ2) is 6.56. The maximum absolute atomic E-state index is 2.18. The summed E-state index contributed by atoms with van der Waals surface area (Å²) in [5.74, 6) is 0. The molecule has 0 rings (SSSR count). The van der Waals surface area contributed by atoms with Gasteiger partial charge in [-0.2, -0.15) is 0 Å². The van der Waals surface area contributed by atoms with Crippen LogP contribution in [0.15, 0.2) is 24.3 Å². The molecule has 0 aromatic heterocycles. The Labute approximate surface area is 64.0 Å². The van der Waals surface area contributed by atoms with E-state index in [2.05, 4.69) is 43.3 Å². The number of hydrogen-bond donors (Lipinski definition) is 0. The molecule has 0 unspecified atom stereocenters. The van der Waals surface area contributed by atoms with Gasteiger partial charge in [0, 0.05) is 6.54 Å². The number of likely N-dealkylation sites (N-methyl/N-ethyl adjacent to an activating group) is 1. The summed E-state index contributed by atoms with van der Waals surface area (Å²) in [6.07, 6.45) is 9.64. The van der Waals surface area contributed by atoms with Crippen LogP contribution in [-0.4, -0.2) is 25.5 Å². The maximum atomic E-state index is 2.18. The summed E-state index contributed by atoms with van der Waals surface area (Å²) < 4.78 is 0. The van der Waals surface area contributed by atoms with Crippen molar-refractivity contribution in [1.29, 1.82) is 0 Å². The van der Waals surface area contributed by atoms with Crippen molar-refractivity contribution in [3.63, 3.8) is 0 Å². The van der Waals surface area contributed by atoms with E-state index >= 15 is 0 Å². The SMILES string of the molecule is C/C=C/C/C=C\CN(C)C. The molecule has 0 amide bonds. The first-order chi connectivity index (χ1) is 4.77. The lowest BCUT2D eigenvalue weighted by Crippen LogP contribution is -2.10. The van der Waals surface area contributed by atoms with Crippen LogP contribution in [0.4, 0.5) is 0 Å². The molecule has 0 bridgehead atoms. The van der Waals surface area contributed by atoms with Gasteiger partial charge in [-0.15, -0.1) is 0 Å². The summed E-state index contributed by atoms with van der Waals surface area (Å²) in [5.41, 5.74) is 0. The molecule has 1 heteroatoms. The van der Waals surface area contributed by atoms with E-state index in [-0.39, 0.29) is 0 Å². The lowest BCUT2D eigenvalue weighted by atomic mass is 10.3. The number of nitrogens with zero attached hydrogens (tertiary/aromatic N) is 1. The van der Waals surface area contributed by atoms with Crippen molar-refractivity contribution in [2.75, 3.05) is 20.6 Å². The first-order valence-electron chi connectivity index (χ1n) is 3.68. The number of rotatable bonds is 4. The van der Waals surface area contributed by atoms with Crippen molar-refractivity contribution in [1.82, 2.24) is 4.90 Å². The van der Waals surface area contributed by atoms with Crippen molar-refractivity contribution in [3.8, 4) is 0 Å².